The van der Waals surface area contributed by atoms with Crippen LogP contribution in [-0.2, 0) is 23.2 Å². The minimum absolute atomic E-state index is 0.0793. The van der Waals surface area contributed by atoms with Crippen molar-refractivity contribution in [3.8, 4) is 11.1 Å². The maximum absolute atomic E-state index is 13.6. The van der Waals surface area contributed by atoms with Gasteiger partial charge in [-0.25, -0.2) is 4.99 Å². The second-order valence-electron chi connectivity index (χ2n) is 9.43. The van der Waals surface area contributed by atoms with E-state index in [4.69, 9.17) is 22.3 Å². The Morgan fingerprint density at radius 2 is 1.88 bits per heavy atom. The van der Waals surface area contributed by atoms with Gasteiger partial charge in [0.2, 0.25) is 0 Å². The highest BCUT2D eigenvalue weighted by molar-refractivity contribution is 9.10. The van der Waals surface area contributed by atoms with Gasteiger partial charge in [0, 0.05) is 29.5 Å². The van der Waals surface area contributed by atoms with Crippen LogP contribution in [-0.4, -0.2) is 28.8 Å². The average molecular weight is 524 g/mol. The number of aliphatic imine (C=N–C) groups is 1. The summed E-state index contributed by atoms with van der Waals surface area (Å²) in [7, 11) is 1.70. The molecule has 0 radical (unpaired) electrons. The number of nitrogens with zero attached hydrogens (tertiary/aromatic N) is 3. The number of pyridine rings is 1. The van der Waals surface area contributed by atoms with Crippen molar-refractivity contribution >= 4 is 39.4 Å². The van der Waals surface area contributed by atoms with Crippen molar-refractivity contribution in [2.75, 3.05) is 7.05 Å². The lowest BCUT2D eigenvalue weighted by Crippen LogP contribution is -2.47. The highest BCUT2D eigenvalue weighted by atomic mass is 79.9. The monoisotopic (exact) mass is 522 g/mol. The zero-order valence-electron chi connectivity index (χ0n) is 18.5. The third-order valence-corrected chi connectivity index (χ3v) is 7.48. The van der Waals surface area contributed by atoms with Gasteiger partial charge in [0.05, 0.1) is 5.02 Å². The van der Waals surface area contributed by atoms with Crippen LogP contribution >= 0.6 is 27.5 Å². The minimum Gasteiger partial charge on any atom is -0.369 e. The fourth-order valence-corrected chi connectivity index (χ4v) is 5.75. The number of halogens is 2. The smallest absolute Gasteiger partial charge is 0.261 e. The summed E-state index contributed by atoms with van der Waals surface area (Å²) < 4.78 is 1.05. The first-order valence-corrected chi connectivity index (χ1v) is 12.0. The number of hydrogen-bond acceptors (Lipinski definition) is 4. The lowest BCUT2D eigenvalue weighted by molar-refractivity contribution is -0.132. The standard InChI is InChI=1S/C26H24BrClN4O/c1-25(11-16-3-7-20(27)8-4-16)12-18-6-5-17(19-9-21(28)14-30-13-19)10-22(18)26(15-25)23(33)32(2)24(29)31-26/h3-10,13-14H,11-12,15H2,1-2H3,(H2,29,31)/t25-,26?/m0/s1. The second-order valence-corrected chi connectivity index (χ2v) is 10.8. The molecule has 0 bridgehead atoms. The number of carbonyl (C=O) groups excluding carboxylic acids is 1. The molecule has 1 aromatic heterocycles. The predicted octanol–water partition coefficient (Wildman–Crippen LogP) is 5.34. The molecule has 2 aliphatic rings. The first-order valence-electron chi connectivity index (χ1n) is 10.8. The van der Waals surface area contributed by atoms with Gasteiger partial charge in [-0.05, 0) is 71.2 Å². The van der Waals surface area contributed by atoms with E-state index in [2.05, 4.69) is 70.3 Å². The number of fused-ring (bicyclic) bond motifs is 2. The molecule has 168 valence electrons. The summed E-state index contributed by atoms with van der Waals surface area (Å²) in [6, 6.07) is 16.5. The van der Waals surface area contributed by atoms with Crippen LogP contribution in [0.25, 0.3) is 11.1 Å². The van der Waals surface area contributed by atoms with Crippen LogP contribution in [0.4, 0.5) is 0 Å². The Hall–Kier alpha value is -2.70. The van der Waals surface area contributed by atoms with Gasteiger partial charge in [-0.3, -0.25) is 14.7 Å². The number of benzene rings is 2. The maximum Gasteiger partial charge on any atom is 0.261 e. The lowest BCUT2D eigenvalue weighted by Gasteiger charge is -2.43. The summed E-state index contributed by atoms with van der Waals surface area (Å²) in [5.74, 6) is 0.179. The Morgan fingerprint density at radius 3 is 2.55 bits per heavy atom. The molecule has 1 aliphatic heterocycles. The summed E-state index contributed by atoms with van der Waals surface area (Å²) in [6.45, 7) is 2.24. The molecule has 5 nitrogen and oxygen atoms in total. The van der Waals surface area contributed by atoms with E-state index in [9.17, 15) is 4.79 Å². The molecule has 2 aromatic carbocycles. The van der Waals surface area contributed by atoms with E-state index in [0.717, 1.165) is 39.6 Å². The molecule has 1 spiro atoms. The first-order chi connectivity index (χ1) is 15.7. The molecule has 1 amide bonds. The molecule has 2 atom stereocenters. The second kappa shape index (κ2) is 7.96. The van der Waals surface area contributed by atoms with Crippen LogP contribution < -0.4 is 5.73 Å². The van der Waals surface area contributed by atoms with E-state index >= 15 is 0 Å². The summed E-state index contributed by atoms with van der Waals surface area (Å²) >= 11 is 9.69. The van der Waals surface area contributed by atoms with E-state index < -0.39 is 5.54 Å². The molecule has 2 heterocycles. The van der Waals surface area contributed by atoms with Gasteiger partial charge in [-0.15, -0.1) is 0 Å². The van der Waals surface area contributed by atoms with Crippen LogP contribution in [0.1, 0.15) is 30.0 Å². The number of carbonyl (C=O) groups is 1. The molecule has 0 fully saturated rings. The number of nitrogens with two attached hydrogens (primary N) is 1. The fraction of sp³-hybridized carbons (Fsp3) is 0.269. The molecule has 33 heavy (non-hydrogen) atoms. The summed E-state index contributed by atoms with van der Waals surface area (Å²) in [4.78, 5) is 24.1. The van der Waals surface area contributed by atoms with Crippen LogP contribution in [0.5, 0.6) is 0 Å². The molecular weight excluding hydrogens is 500 g/mol. The van der Waals surface area contributed by atoms with Gasteiger partial charge >= 0.3 is 0 Å². The van der Waals surface area contributed by atoms with E-state index in [0.29, 0.717) is 11.4 Å². The highest BCUT2D eigenvalue weighted by Crippen LogP contribution is 2.51. The van der Waals surface area contributed by atoms with E-state index in [1.165, 1.54) is 10.5 Å². The summed E-state index contributed by atoms with van der Waals surface area (Å²) in [5.41, 5.74) is 10.1. The Morgan fingerprint density at radius 1 is 1.12 bits per heavy atom. The molecule has 2 N–H and O–H groups in total. The van der Waals surface area contributed by atoms with Crippen LogP contribution in [0.15, 0.2) is 70.4 Å². The highest BCUT2D eigenvalue weighted by Gasteiger charge is 2.55. The molecule has 0 saturated carbocycles. The van der Waals surface area contributed by atoms with Gasteiger partial charge in [0.1, 0.15) is 0 Å². The Labute approximate surface area is 206 Å². The van der Waals surface area contributed by atoms with Gasteiger partial charge < -0.3 is 5.73 Å². The third-order valence-electron chi connectivity index (χ3n) is 6.75. The largest absolute Gasteiger partial charge is 0.369 e. The Kier molecular flexibility index (Phi) is 5.33. The van der Waals surface area contributed by atoms with E-state index in [1.54, 1.807) is 19.4 Å². The van der Waals surface area contributed by atoms with Crippen molar-refractivity contribution in [3.05, 3.63) is 87.1 Å². The molecule has 1 aliphatic carbocycles. The van der Waals surface area contributed by atoms with Crippen LogP contribution in [0.2, 0.25) is 5.02 Å². The van der Waals surface area contributed by atoms with E-state index in [-0.39, 0.29) is 17.3 Å². The predicted molar refractivity (Wildman–Crippen MR) is 135 cm³/mol. The zero-order chi connectivity index (χ0) is 23.4. The topological polar surface area (TPSA) is 71.6 Å². The number of rotatable bonds is 3. The first kappa shape index (κ1) is 22.1. The molecule has 5 rings (SSSR count). The van der Waals surface area contributed by atoms with Gasteiger partial charge in [0.25, 0.3) is 5.91 Å². The van der Waals surface area contributed by atoms with Crippen molar-refractivity contribution in [2.24, 2.45) is 16.1 Å². The van der Waals surface area contributed by atoms with Crippen molar-refractivity contribution in [1.82, 2.24) is 9.88 Å². The number of likely N-dealkylation sites (N-methyl/N-ethyl adjacent to an activating group) is 1. The lowest BCUT2D eigenvalue weighted by atomic mass is 9.62. The third kappa shape index (κ3) is 3.85. The molecule has 3 aromatic rings. The Bertz CT molecular complexity index is 1290. The van der Waals surface area contributed by atoms with Gasteiger partial charge in [-0.1, -0.05) is 58.7 Å². The minimum atomic E-state index is -1.03. The number of hydrogen-bond donors (Lipinski definition) is 1. The molecule has 1 unspecified atom stereocenters. The van der Waals surface area contributed by atoms with Crippen LogP contribution in [0, 0.1) is 5.41 Å². The maximum atomic E-state index is 13.6. The summed E-state index contributed by atoms with van der Waals surface area (Å²) in [5, 5.41) is 0.570. The van der Waals surface area contributed by atoms with Gasteiger partial charge in [0.15, 0.2) is 11.5 Å². The van der Waals surface area contributed by atoms with Gasteiger partial charge in [-0.2, -0.15) is 0 Å². The fourth-order valence-electron chi connectivity index (χ4n) is 5.31. The molecular formula is C26H24BrClN4O. The quantitative estimate of drug-likeness (QED) is 0.504. The van der Waals surface area contributed by atoms with Crippen molar-refractivity contribution in [2.45, 2.75) is 31.7 Å². The number of aromatic nitrogens is 1. The normalized spacial score (nSPS) is 24.2. The van der Waals surface area contributed by atoms with E-state index in [1.807, 2.05) is 6.07 Å². The number of guanidine groups is 1. The molecule has 0 saturated heterocycles. The Balaban J connectivity index is 1.63. The van der Waals surface area contributed by atoms with Crippen molar-refractivity contribution < 1.29 is 4.79 Å². The zero-order valence-corrected chi connectivity index (χ0v) is 20.8. The SMILES string of the molecule is CN1C(=O)C2(C[C@@](C)(Cc3ccc(Br)cc3)Cc3ccc(-c4cncc(Cl)c4)cc32)N=C1N. The van der Waals surface area contributed by atoms with Crippen molar-refractivity contribution in [3.63, 3.8) is 0 Å². The number of amides is 1. The van der Waals surface area contributed by atoms with Crippen molar-refractivity contribution in [1.29, 1.82) is 0 Å². The molecule has 7 heteroatoms. The van der Waals surface area contributed by atoms with Crippen LogP contribution in [0.3, 0.4) is 0 Å². The summed E-state index contributed by atoms with van der Waals surface area (Å²) in [6.07, 6.45) is 5.67. The average Bonchev–Trinajstić information content (AvgIpc) is 2.99.